The Morgan fingerprint density at radius 2 is 1.67 bits per heavy atom. The molecule has 1 aliphatic carbocycles. The topological polar surface area (TPSA) is 101 Å². The van der Waals surface area contributed by atoms with Crippen LogP contribution in [0.25, 0.3) is 0 Å². The second-order valence-corrected chi connectivity index (χ2v) is 9.31. The van der Waals surface area contributed by atoms with Gasteiger partial charge in [-0.2, -0.15) is 0 Å². The third kappa shape index (κ3) is 5.64. The molecule has 8 heteroatoms. The van der Waals surface area contributed by atoms with E-state index in [1.54, 1.807) is 0 Å². The second kappa shape index (κ2) is 6.31. The van der Waals surface area contributed by atoms with Crippen LogP contribution in [0.5, 0.6) is 0 Å². The Labute approximate surface area is 109 Å². The Hall–Kier alpha value is -0.180. The molecule has 6 nitrogen and oxygen atoms in total. The van der Waals surface area contributed by atoms with Gasteiger partial charge in [0.1, 0.15) is 0 Å². The molecule has 0 bridgehead atoms. The maximum absolute atomic E-state index is 11.5. The van der Waals surface area contributed by atoms with Crippen LogP contribution >= 0.6 is 0 Å². The average Bonchev–Trinajstić information content (AvgIpc) is 2.23. The summed E-state index contributed by atoms with van der Waals surface area (Å²) in [6, 6.07) is 0. The lowest BCUT2D eigenvalue weighted by Crippen LogP contribution is -2.37. The minimum Gasteiger partial charge on any atom is -0.396 e. The SMILES string of the molecule is CS(=O)(=O)CS(=O)(=O)NCC1CCCCC1CO. The number of sulfonamides is 1. The van der Waals surface area contributed by atoms with Gasteiger partial charge in [-0.1, -0.05) is 12.8 Å². The molecule has 1 rings (SSSR count). The molecule has 0 heterocycles. The highest BCUT2D eigenvalue weighted by atomic mass is 32.3. The van der Waals surface area contributed by atoms with Crippen molar-refractivity contribution in [3.05, 3.63) is 0 Å². The van der Waals surface area contributed by atoms with Gasteiger partial charge in [-0.25, -0.2) is 21.6 Å². The quantitative estimate of drug-likeness (QED) is 0.702. The van der Waals surface area contributed by atoms with Crippen LogP contribution in [0.15, 0.2) is 0 Å². The van der Waals surface area contributed by atoms with Gasteiger partial charge in [-0.05, 0) is 24.7 Å². The largest absolute Gasteiger partial charge is 0.396 e. The number of rotatable bonds is 6. The molecule has 0 aromatic carbocycles. The van der Waals surface area contributed by atoms with E-state index in [2.05, 4.69) is 4.72 Å². The molecule has 108 valence electrons. The molecule has 1 aliphatic rings. The molecule has 1 saturated carbocycles. The average molecular weight is 299 g/mol. The molecule has 2 unspecified atom stereocenters. The summed E-state index contributed by atoms with van der Waals surface area (Å²) < 4.78 is 47.3. The predicted octanol–water partition coefficient (Wildman–Crippen LogP) is -0.293. The highest BCUT2D eigenvalue weighted by molar-refractivity contribution is 8.06. The van der Waals surface area contributed by atoms with Crippen LogP contribution in [0, 0.1) is 11.8 Å². The highest BCUT2D eigenvalue weighted by Crippen LogP contribution is 2.29. The second-order valence-electron chi connectivity index (χ2n) is 4.99. The molecule has 1 fully saturated rings. The van der Waals surface area contributed by atoms with Crippen molar-refractivity contribution in [1.82, 2.24) is 4.72 Å². The summed E-state index contributed by atoms with van der Waals surface area (Å²) in [6.45, 7) is 0.265. The van der Waals surface area contributed by atoms with Crippen LogP contribution in [0.1, 0.15) is 25.7 Å². The summed E-state index contributed by atoms with van der Waals surface area (Å²) in [5.74, 6) is 0.206. The first-order valence-electron chi connectivity index (χ1n) is 5.99. The van der Waals surface area contributed by atoms with Gasteiger partial charge in [0.15, 0.2) is 14.9 Å². The van der Waals surface area contributed by atoms with Crippen molar-refractivity contribution in [3.8, 4) is 0 Å². The smallest absolute Gasteiger partial charge is 0.226 e. The van der Waals surface area contributed by atoms with Crippen molar-refractivity contribution < 1.29 is 21.9 Å². The van der Waals surface area contributed by atoms with Crippen LogP contribution in [0.4, 0.5) is 0 Å². The van der Waals surface area contributed by atoms with E-state index < -0.39 is 24.9 Å². The summed E-state index contributed by atoms with van der Waals surface area (Å²) in [6.07, 6.45) is 4.73. The van der Waals surface area contributed by atoms with Gasteiger partial charge >= 0.3 is 0 Å². The first-order chi connectivity index (χ1) is 8.23. The number of nitrogens with one attached hydrogen (secondary N) is 1. The van der Waals surface area contributed by atoms with Crippen molar-refractivity contribution in [2.75, 3.05) is 24.5 Å². The van der Waals surface area contributed by atoms with Crippen molar-refractivity contribution in [2.45, 2.75) is 25.7 Å². The van der Waals surface area contributed by atoms with Gasteiger partial charge in [0, 0.05) is 19.4 Å². The van der Waals surface area contributed by atoms with Gasteiger partial charge in [0.25, 0.3) is 0 Å². The molecule has 2 N–H and O–H groups in total. The molecular weight excluding hydrogens is 278 g/mol. The fraction of sp³-hybridized carbons (Fsp3) is 1.00. The lowest BCUT2D eigenvalue weighted by molar-refractivity contribution is 0.136. The molecule has 0 saturated heterocycles. The number of hydrogen-bond donors (Lipinski definition) is 2. The van der Waals surface area contributed by atoms with Crippen LogP contribution in [-0.2, 0) is 19.9 Å². The van der Waals surface area contributed by atoms with E-state index in [9.17, 15) is 21.9 Å². The Bertz CT molecular complexity index is 457. The standard InChI is InChI=1S/C10H21NO5S2/c1-17(13,14)8-18(15,16)11-6-9-4-2-3-5-10(9)7-12/h9-12H,2-8H2,1H3. The Kier molecular flexibility index (Phi) is 5.57. The minimum atomic E-state index is -3.79. The Morgan fingerprint density at radius 1 is 1.11 bits per heavy atom. The van der Waals surface area contributed by atoms with Crippen molar-refractivity contribution >= 4 is 19.9 Å². The fourth-order valence-electron chi connectivity index (χ4n) is 2.35. The predicted molar refractivity (Wildman–Crippen MR) is 69.2 cm³/mol. The molecule has 0 aromatic rings. The van der Waals surface area contributed by atoms with Gasteiger partial charge in [-0.15, -0.1) is 0 Å². The van der Waals surface area contributed by atoms with Crippen molar-refractivity contribution in [2.24, 2.45) is 11.8 Å². The summed E-state index contributed by atoms with van der Waals surface area (Å²) in [5.41, 5.74) is 0. The number of aliphatic hydroxyl groups is 1. The van der Waals surface area contributed by atoms with E-state index in [-0.39, 0.29) is 25.0 Å². The van der Waals surface area contributed by atoms with Gasteiger partial charge in [0.2, 0.25) is 10.0 Å². The van der Waals surface area contributed by atoms with Crippen LogP contribution in [-0.4, -0.2) is 46.4 Å². The minimum absolute atomic E-state index is 0.0540. The maximum atomic E-state index is 11.5. The molecule has 0 spiro atoms. The monoisotopic (exact) mass is 299 g/mol. The third-order valence-corrected chi connectivity index (χ3v) is 6.80. The maximum Gasteiger partial charge on any atom is 0.226 e. The zero-order chi connectivity index (χ0) is 13.8. The first kappa shape index (κ1) is 15.9. The molecule has 2 atom stereocenters. The molecular formula is C10H21NO5S2. The van der Waals surface area contributed by atoms with E-state index in [1.165, 1.54) is 0 Å². The van der Waals surface area contributed by atoms with E-state index in [4.69, 9.17) is 0 Å². The van der Waals surface area contributed by atoms with Crippen LogP contribution in [0.2, 0.25) is 0 Å². The normalized spacial score (nSPS) is 26.1. The number of sulfone groups is 1. The Morgan fingerprint density at radius 3 is 2.17 bits per heavy atom. The van der Waals surface area contributed by atoms with Crippen LogP contribution < -0.4 is 4.72 Å². The highest BCUT2D eigenvalue weighted by Gasteiger charge is 2.26. The third-order valence-electron chi connectivity index (χ3n) is 3.24. The van der Waals surface area contributed by atoms with Crippen molar-refractivity contribution in [1.29, 1.82) is 0 Å². The summed E-state index contributed by atoms with van der Waals surface area (Å²) >= 11 is 0. The van der Waals surface area contributed by atoms with E-state index in [0.29, 0.717) is 0 Å². The zero-order valence-corrected chi connectivity index (χ0v) is 12.1. The lowest BCUT2D eigenvalue weighted by Gasteiger charge is -2.30. The van der Waals surface area contributed by atoms with Gasteiger partial charge in [-0.3, -0.25) is 0 Å². The van der Waals surface area contributed by atoms with Gasteiger partial charge < -0.3 is 5.11 Å². The first-order valence-corrected chi connectivity index (χ1v) is 9.71. The number of aliphatic hydroxyl groups excluding tert-OH is 1. The van der Waals surface area contributed by atoms with Crippen molar-refractivity contribution in [3.63, 3.8) is 0 Å². The molecule has 0 radical (unpaired) electrons. The Balaban J connectivity index is 2.53. The molecule has 0 aromatic heterocycles. The molecule has 18 heavy (non-hydrogen) atoms. The summed E-state index contributed by atoms with van der Waals surface area (Å²) in [5, 5.41) is 8.33. The zero-order valence-electron chi connectivity index (χ0n) is 10.5. The lowest BCUT2D eigenvalue weighted by atomic mass is 9.80. The summed E-state index contributed by atoms with van der Waals surface area (Å²) in [4.78, 5) is 0. The summed E-state index contributed by atoms with van der Waals surface area (Å²) in [7, 11) is -7.34. The van der Waals surface area contributed by atoms with E-state index in [1.807, 2.05) is 0 Å². The molecule has 0 aliphatic heterocycles. The van der Waals surface area contributed by atoms with Gasteiger partial charge in [0.05, 0.1) is 0 Å². The van der Waals surface area contributed by atoms with Crippen LogP contribution in [0.3, 0.4) is 0 Å². The fourth-order valence-corrected chi connectivity index (χ4v) is 5.41. The van der Waals surface area contributed by atoms with E-state index in [0.717, 1.165) is 31.9 Å². The molecule has 0 amide bonds. The number of hydrogen-bond acceptors (Lipinski definition) is 5. The van der Waals surface area contributed by atoms with E-state index >= 15 is 0 Å².